The topological polar surface area (TPSA) is 3.24 Å². The predicted molar refractivity (Wildman–Crippen MR) is 250 cm³/mol. The van der Waals surface area contributed by atoms with Crippen molar-refractivity contribution in [3.8, 4) is 55.6 Å². The molecule has 2 aliphatic carbocycles. The van der Waals surface area contributed by atoms with Gasteiger partial charge in [-0.3, -0.25) is 0 Å². The highest BCUT2D eigenvalue weighted by molar-refractivity contribution is 6.09. The van der Waals surface area contributed by atoms with E-state index in [1.54, 1.807) is 29.2 Å². The van der Waals surface area contributed by atoms with Gasteiger partial charge in [-0.15, -0.1) is 0 Å². The Morgan fingerprint density at radius 2 is 1.12 bits per heavy atom. The number of rotatable bonds is 6. The van der Waals surface area contributed by atoms with Gasteiger partial charge >= 0.3 is 0 Å². The molecule has 0 heterocycles. The van der Waals surface area contributed by atoms with Crippen LogP contribution in [0.2, 0.25) is 0 Å². The Balaban J connectivity index is 1.33. The third-order valence-corrected chi connectivity index (χ3v) is 11.5. The van der Waals surface area contributed by atoms with E-state index in [0.29, 0.717) is 16.9 Å². The van der Waals surface area contributed by atoms with Crippen molar-refractivity contribution in [1.29, 1.82) is 0 Å². The number of nitrogens with zero attached hydrogens (tertiary/aromatic N) is 1. The Kier molecular flexibility index (Phi) is 4.22. The molecular formula is C58H45N. The van der Waals surface area contributed by atoms with Crippen LogP contribution in [0.1, 0.15) is 81.3 Å². The van der Waals surface area contributed by atoms with E-state index in [4.69, 9.17) is 15.1 Å². The van der Waals surface area contributed by atoms with Crippen LogP contribution in [0, 0.1) is 0 Å². The molecule has 0 amide bonds. The lowest BCUT2D eigenvalue weighted by atomic mass is 9.81. The maximum Gasteiger partial charge on any atom is 0.0645 e. The minimum Gasteiger partial charge on any atom is -0.310 e. The van der Waals surface area contributed by atoms with Crippen LogP contribution in [-0.4, -0.2) is 0 Å². The summed E-state index contributed by atoms with van der Waals surface area (Å²) in [5.41, 5.74) is -5.77. The number of hydrogen-bond donors (Lipinski definition) is 0. The van der Waals surface area contributed by atoms with Gasteiger partial charge in [-0.05, 0) is 113 Å². The highest BCUT2D eigenvalue weighted by Gasteiger charge is 2.38. The molecule has 2 aliphatic rings. The van der Waals surface area contributed by atoms with Crippen LogP contribution in [0.25, 0.3) is 66.4 Å². The lowest BCUT2D eigenvalue weighted by molar-refractivity contribution is 0.660. The summed E-state index contributed by atoms with van der Waals surface area (Å²) in [6.45, 7) is -3.59. The molecule has 9 aromatic carbocycles. The van der Waals surface area contributed by atoms with Crippen molar-refractivity contribution in [3.05, 3.63) is 222 Å². The van der Waals surface area contributed by atoms with Crippen molar-refractivity contribution in [2.75, 3.05) is 4.90 Å². The van der Waals surface area contributed by atoms with Gasteiger partial charge in [0.25, 0.3) is 0 Å². The number of hydrogen-bond acceptors (Lipinski definition) is 1. The number of benzene rings is 9. The molecule has 0 fully saturated rings. The molecule has 282 valence electrons. The van der Waals surface area contributed by atoms with Gasteiger partial charge in [-0.2, -0.15) is 0 Å². The molecule has 0 spiro atoms. The first-order chi connectivity index (χ1) is 38.4. The molecule has 0 saturated heterocycles. The zero-order chi connectivity index (χ0) is 59.7. The van der Waals surface area contributed by atoms with E-state index in [1.807, 2.05) is 72.8 Å². The second-order valence-electron chi connectivity index (χ2n) is 15.1. The minimum atomic E-state index is -3.86. The van der Waals surface area contributed by atoms with Gasteiger partial charge in [0.2, 0.25) is 0 Å². The van der Waals surface area contributed by atoms with Gasteiger partial charge < -0.3 is 4.90 Å². The summed E-state index contributed by atoms with van der Waals surface area (Å²) in [6, 6.07) is 12.9. The molecule has 11 rings (SSSR count). The summed E-state index contributed by atoms with van der Waals surface area (Å²) < 4.78 is 214. The van der Waals surface area contributed by atoms with Gasteiger partial charge in [-0.25, -0.2) is 0 Å². The predicted octanol–water partition coefficient (Wildman–Crippen LogP) is 15.9. The standard InChI is InChI=1S/C58H45N/c1-57(2)51-26-14-11-23-48(51)56-49(24-16-27-52(56)57)55-44-21-9-8-19-39(44)31-35-45(55)40-29-32-41(33-30-40)59(54-28-15-12-20-43(54)38-17-6-5-7-18-38)42-34-36-47-46-22-10-13-25-50(46)58(3,4)53(47)37-42/h5-37H,1-4H3/i1D3,2D3,8D,9D,11D,14D,16D,19D,21D,23D,24D,26D,27D,29D,30D,31D,32D,33D,35D. The Bertz CT molecular complexity index is 4270. The third-order valence-electron chi connectivity index (χ3n) is 11.5. The molecule has 0 unspecified atom stereocenters. The molecule has 59 heavy (non-hydrogen) atoms. The normalized spacial score (nSPS) is 20.0. The summed E-state index contributed by atoms with van der Waals surface area (Å²) in [7, 11) is 0. The molecule has 0 N–H and O–H groups in total. The van der Waals surface area contributed by atoms with Crippen LogP contribution >= 0.6 is 0 Å². The maximum atomic E-state index is 10.1. The van der Waals surface area contributed by atoms with Crippen LogP contribution in [-0.2, 0) is 10.8 Å². The summed E-state index contributed by atoms with van der Waals surface area (Å²) in [5.74, 6) is 0. The molecule has 0 radical (unpaired) electrons. The van der Waals surface area contributed by atoms with Crippen molar-refractivity contribution in [2.24, 2.45) is 0 Å². The van der Waals surface area contributed by atoms with Crippen molar-refractivity contribution >= 4 is 27.8 Å². The van der Waals surface area contributed by atoms with Crippen LogP contribution < -0.4 is 4.90 Å². The average Bonchev–Trinajstić information content (AvgIpc) is 2.89. The zero-order valence-corrected chi connectivity index (χ0v) is 31.7. The van der Waals surface area contributed by atoms with Crippen LogP contribution in [0.5, 0.6) is 0 Å². The second-order valence-corrected chi connectivity index (χ2v) is 15.1. The lowest BCUT2D eigenvalue weighted by Gasteiger charge is -2.30. The Labute approximate surface area is 380 Å². The first-order valence-electron chi connectivity index (χ1n) is 30.5. The van der Waals surface area contributed by atoms with Gasteiger partial charge in [0.05, 0.1) is 29.0 Å². The van der Waals surface area contributed by atoms with Crippen molar-refractivity contribution in [2.45, 2.75) is 38.4 Å². The van der Waals surface area contributed by atoms with Crippen LogP contribution in [0.4, 0.5) is 17.1 Å². The third kappa shape index (κ3) is 5.38. The molecule has 0 bridgehead atoms. The highest BCUT2D eigenvalue weighted by atomic mass is 15.1. The fourth-order valence-electron chi connectivity index (χ4n) is 8.67. The maximum absolute atomic E-state index is 10.1. The highest BCUT2D eigenvalue weighted by Crippen LogP contribution is 2.55. The van der Waals surface area contributed by atoms with Crippen LogP contribution in [0.15, 0.2) is 200 Å². The molecule has 9 aromatic rings. The number of anilines is 3. The van der Waals surface area contributed by atoms with E-state index in [9.17, 15) is 16.4 Å². The molecule has 1 nitrogen and oxygen atoms in total. The summed E-state index contributed by atoms with van der Waals surface area (Å²) in [4.78, 5) is 1.57. The van der Waals surface area contributed by atoms with E-state index in [1.165, 1.54) is 0 Å². The van der Waals surface area contributed by atoms with Crippen molar-refractivity contribution in [3.63, 3.8) is 0 Å². The number of para-hydroxylation sites is 1. The van der Waals surface area contributed by atoms with Crippen LogP contribution in [0.3, 0.4) is 0 Å². The van der Waals surface area contributed by atoms with E-state index < -0.39 is 183 Å². The Morgan fingerprint density at radius 1 is 0.424 bits per heavy atom. The van der Waals surface area contributed by atoms with Crippen molar-refractivity contribution < 1.29 is 31.5 Å². The van der Waals surface area contributed by atoms with E-state index >= 15 is 0 Å². The Morgan fingerprint density at radius 3 is 1.97 bits per heavy atom. The van der Waals surface area contributed by atoms with Gasteiger partial charge in [0, 0.05) is 36.0 Å². The first-order valence-corrected chi connectivity index (χ1v) is 19.0. The second kappa shape index (κ2) is 13.3. The smallest absolute Gasteiger partial charge is 0.0645 e. The molecule has 1 heteroatoms. The van der Waals surface area contributed by atoms with E-state index in [-0.39, 0.29) is 5.69 Å². The van der Waals surface area contributed by atoms with E-state index in [2.05, 4.69) is 13.8 Å². The monoisotopic (exact) mass is 778 g/mol. The van der Waals surface area contributed by atoms with Gasteiger partial charge in [-0.1, -0.05) is 197 Å². The molecular weight excluding hydrogens is 711 g/mol. The fraction of sp³-hybridized carbons (Fsp3) is 0.103. The number of fused-ring (bicyclic) bond motifs is 7. The van der Waals surface area contributed by atoms with Gasteiger partial charge in [0.15, 0.2) is 0 Å². The molecule has 0 saturated carbocycles. The largest absolute Gasteiger partial charge is 0.310 e. The first kappa shape index (κ1) is 18.7. The zero-order valence-electron chi connectivity index (χ0n) is 54.7. The quantitative estimate of drug-likeness (QED) is 0.162. The molecule has 0 aliphatic heterocycles. The SMILES string of the molecule is [2H]c1c([2H])c([2H])c2c(c1[2H])-c1c(-c3c(-c4c([2H])c([2H])c(N(c5ccc6c(c5)C(C)(C)c5ccccc5-6)c5ccccc5-c5ccccc5)c([2H])c4[2H])c([2H])c([2H])c4c([2H])c([2H])c([2H])c([2H])c34)c([2H])c([2H])c([2H])c1C2(C([2H])([2H])[2H])C([2H])([2H])[2H]. The summed E-state index contributed by atoms with van der Waals surface area (Å²) in [5, 5.41) is -1.47. The summed E-state index contributed by atoms with van der Waals surface area (Å²) >= 11 is 0. The molecule has 0 aromatic heterocycles. The fourth-order valence-corrected chi connectivity index (χ4v) is 8.67. The summed E-state index contributed by atoms with van der Waals surface area (Å²) in [6.07, 6.45) is 0. The minimum absolute atomic E-state index is 0.323. The Hall–Kier alpha value is -6.96. The lowest BCUT2D eigenvalue weighted by Crippen LogP contribution is -2.16. The van der Waals surface area contributed by atoms with Gasteiger partial charge in [0.1, 0.15) is 0 Å². The van der Waals surface area contributed by atoms with E-state index in [0.717, 1.165) is 27.8 Å². The average molecular weight is 779 g/mol. The van der Waals surface area contributed by atoms with Crippen molar-refractivity contribution in [1.82, 2.24) is 0 Å². The molecule has 0 atom stereocenters.